The molecule has 0 atom stereocenters. The van der Waals surface area contributed by atoms with Crippen molar-refractivity contribution in [3.63, 3.8) is 0 Å². The normalized spacial score (nSPS) is 10.3. The summed E-state index contributed by atoms with van der Waals surface area (Å²) in [5.41, 5.74) is 2.50. The van der Waals surface area contributed by atoms with Crippen molar-refractivity contribution in [1.82, 2.24) is 5.32 Å². The molecule has 0 heterocycles. The summed E-state index contributed by atoms with van der Waals surface area (Å²) in [5.74, 6) is -0.130. The van der Waals surface area contributed by atoms with Crippen LogP contribution < -0.4 is 5.32 Å². The highest BCUT2D eigenvalue weighted by molar-refractivity contribution is 6.31. The van der Waals surface area contributed by atoms with Crippen LogP contribution in [0.4, 0.5) is 0 Å². The number of aryl methyl sites for hydroxylation is 1. The first-order valence-corrected chi connectivity index (χ1v) is 6.60. The van der Waals surface area contributed by atoms with E-state index in [4.69, 9.17) is 23.2 Å². The average molecular weight is 294 g/mol. The van der Waals surface area contributed by atoms with Gasteiger partial charge in [-0.3, -0.25) is 4.79 Å². The van der Waals surface area contributed by atoms with E-state index in [2.05, 4.69) is 5.32 Å². The minimum Gasteiger partial charge on any atom is -0.348 e. The molecule has 0 saturated carbocycles. The molecule has 2 aromatic rings. The molecule has 0 saturated heterocycles. The maximum absolute atomic E-state index is 12.1. The number of hydrogen-bond donors (Lipinski definition) is 1. The molecule has 0 bridgehead atoms. The maximum Gasteiger partial charge on any atom is 0.251 e. The Morgan fingerprint density at radius 3 is 2.37 bits per heavy atom. The zero-order valence-corrected chi connectivity index (χ0v) is 11.9. The maximum atomic E-state index is 12.1. The van der Waals surface area contributed by atoms with Crippen LogP contribution in [-0.2, 0) is 6.54 Å². The molecule has 0 radical (unpaired) electrons. The molecule has 0 aliphatic heterocycles. The number of halogens is 2. The fourth-order valence-corrected chi connectivity index (χ4v) is 2.02. The highest BCUT2D eigenvalue weighted by atomic mass is 35.5. The third-order valence-corrected chi connectivity index (χ3v) is 3.30. The molecule has 2 rings (SSSR count). The van der Waals surface area contributed by atoms with Gasteiger partial charge >= 0.3 is 0 Å². The Labute approximate surface area is 122 Å². The molecule has 0 spiro atoms. The number of nitrogens with one attached hydrogen (secondary N) is 1. The summed E-state index contributed by atoms with van der Waals surface area (Å²) in [5, 5.41) is 4.10. The lowest BCUT2D eigenvalue weighted by Crippen LogP contribution is -2.23. The van der Waals surface area contributed by atoms with Gasteiger partial charge < -0.3 is 5.32 Å². The van der Waals surface area contributed by atoms with Crippen molar-refractivity contribution >= 4 is 29.1 Å². The second-order valence-corrected chi connectivity index (χ2v) is 5.14. The fraction of sp³-hybridized carbons (Fsp3) is 0.133. The fourth-order valence-electron chi connectivity index (χ4n) is 1.72. The molecule has 0 aromatic heterocycles. The van der Waals surface area contributed by atoms with Gasteiger partial charge in [-0.25, -0.2) is 0 Å². The molecule has 0 unspecified atom stereocenters. The number of hydrogen-bond acceptors (Lipinski definition) is 1. The van der Waals surface area contributed by atoms with Crippen molar-refractivity contribution in [3.8, 4) is 0 Å². The average Bonchev–Trinajstić information content (AvgIpc) is 2.40. The van der Waals surface area contributed by atoms with Gasteiger partial charge in [0.2, 0.25) is 0 Å². The number of carbonyl (C=O) groups excluding carboxylic acids is 1. The van der Waals surface area contributed by atoms with Crippen LogP contribution in [0.2, 0.25) is 10.0 Å². The van der Waals surface area contributed by atoms with Crippen molar-refractivity contribution < 1.29 is 4.79 Å². The Hall–Kier alpha value is -1.51. The van der Waals surface area contributed by atoms with Gasteiger partial charge in [0.1, 0.15) is 0 Å². The Kier molecular flexibility index (Phi) is 4.46. The first-order valence-electron chi connectivity index (χ1n) is 5.85. The van der Waals surface area contributed by atoms with E-state index in [0.29, 0.717) is 22.2 Å². The summed E-state index contributed by atoms with van der Waals surface area (Å²) in [6.07, 6.45) is 0. The van der Waals surface area contributed by atoms with Gasteiger partial charge in [-0.15, -0.1) is 0 Å². The van der Waals surface area contributed by atoms with E-state index in [1.54, 1.807) is 24.3 Å². The topological polar surface area (TPSA) is 29.1 Å². The molecule has 1 N–H and O–H groups in total. The van der Waals surface area contributed by atoms with Gasteiger partial charge in [0.05, 0.1) is 0 Å². The summed E-state index contributed by atoms with van der Waals surface area (Å²) in [7, 11) is 0. The monoisotopic (exact) mass is 293 g/mol. The minimum atomic E-state index is -0.130. The van der Waals surface area contributed by atoms with Crippen molar-refractivity contribution in [3.05, 3.63) is 69.2 Å². The molecule has 0 fully saturated rings. The second-order valence-electron chi connectivity index (χ2n) is 4.27. The summed E-state index contributed by atoms with van der Waals surface area (Å²) in [4.78, 5) is 12.1. The van der Waals surface area contributed by atoms with Crippen LogP contribution in [0.5, 0.6) is 0 Å². The van der Waals surface area contributed by atoms with E-state index in [9.17, 15) is 4.79 Å². The molecule has 19 heavy (non-hydrogen) atoms. The highest BCUT2D eigenvalue weighted by Crippen LogP contribution is 2.15. The Bertz CT molecular complexity index is 594. The molecule has 0 aliphatic carbocycles. The minimum absolute atomic E-state index is 0.130. The van der Waals surface area contributed by atoms with Crippen LogP contribution in [0.25, 0.3) is 0 Å². The number of carbonyl (C=O) groups is 1. The lowest BCUT2D eigenvalue weighted by molar-refractivity contribution is 0.0950. The summed E-state index contributed by atoms with van der Waals surface area (Å²) >= 11 is 11.7. The van der Waals surface area contributed by atoms with Crippen LogP contribution in [0.1, 0.15) is 21.5 Å². The lowest BCUT2D eigenvalue weighted by Gasteiger charge is -2.08. The summed E-state index contributed by atoms with van der Waals surface area (Å²) in [6, 6.07) is 12.6. The molecule has 98 valence electrons. The molecular formula is C15H13Cl2NO. The van der Waals surface area contributed by atoms with E-state index >= 15 is 0 Å². The van der Waals surface area contributed by atoms with Crippen LogP contribution in [0.3, 0.4) is 0 Å². The second kappa shape index (κ2) is 6.09. The number of amides is 1. The van der Waals surface area contributed by atoms with Gasteiger partial charge in [0.15, 0.2) is 0 Å². The third-order valence-electron chi connectivity index (χ3n) is 2.81. The predicted molar refractivity (Wildman–Crippen MR) is 78.8 cm³/mol. The molecule has 1 amide bonds. The Morgan fingerprint density at radius 2 is 1.68 bits per heavy atom. The Balaban J connectivity index is 2.05. The van der Waals surface area contributed by atoms with Crippen LogP contribution in [0, 0.1) is 6.92 Å². The van der Waals surface area contributed by atoms with E-state index in [-0.39, 0.29) is 5.91 Å². The standard InChI is InChI=1S/C15H13Cl2NO/c1-10-2-5-13(17)8-14(10)15(19)18-9-11-3-6-12(16)7-4-11/h2-8H,9H2,1H3,(H,18,19). The quantitative estimate of drug-likeness (QED) is 0.901. The molecule has 2 nitrogen and oxygen atoms in total. The van der Waals surface area contributed by atoms with Crippen molar-refractivity contribution in [2.45, 2.75) is 13.5 Å². The first-order chi connectivity index (χ1) is 9.06. The van der Waals surface area contributed by atoms with Gasteiger partial charge in [0.25, 0.3) is 5.91 Å². The van der Waals surface area contributed by atoms with E-state index in [0.717, 1.165) is 11.1 Å². The molecule has 2 aromatic carbocycles. The molecular weight excluding hydrogens is 281 g/mol. The highest BCUT2D eigenvalue weighted by Gasteiger charge is 2.09. The van der Waals surface area contributed by atoms with Gasteiger partial charge in [-0.2, -0.15) is 0 Å². The van der Waals surface area contributed by atoms with Crippen LogP contribution in [-0.4, -0.2) is 5.91 Å². The molecule has 4 heteroatoms. The summed E-state index contributed by atoms with van der Waals surface area (Å²) < 4.78 is 0. The Morgan fingerprint density at radius 1 is 1.05 bits per heavy atom. The van der Waals surface area contributed by atoms with E-state index in [1.807, 2.05) is 25.1 Å². The smallest absolute Gasteiger partial charge is 0.251 e. The predicted octanol–water partition coefficient (Wildman–Crippen LogP) is 4.23. The SMILES string of the molecule is Cc1ccc(Cl)cc1C(=O)NCc1ccc(Cl)cc1. The first kappa shape index (κ1) is 13.9. The number of benzene rings is 2. The van der Waals surface area contributed by atoms with Gasteiger partial charge in [-0.1, -0.05) is 41.4 Å². The van der Waals surface area contributed by atoms with Crippen LogP contribution >= 0.6 is 23.2 Å². The van der Waals surface area contributed by atoms with Gasteiger partial charge in [0, 0.05) is 22.2 Å². The van der Waals surface area contributed by atoms with Crippen molar-refractivity contribution in [2.75, 3.05) is 0 Å². The van der Waals surface area contributed by atoms with Gasteiger partial charge in [-0.05, 0) is 42.3 Å². The van der Waals surface area contributed by atoms with Crippen molar-refractivity contribution in [2.24, 2.45) is 0 Å². The van der Waals surface area contributed by atoms with Crippen molar-refractivity contribution in [1.29, 1.82) is 0 Å². The zero-order chi connectivity index (χ0) is 13.8. The van der Waals surface area contributed by atoms with E-state index < -0.39 is 0 Å². The third kappa shape index (κ3) is 3.72. The van der Waals surface area contributed by atoms with Crippen LogP contribution in [0.15, 0.2) is 42.5 Å². The van der Waals surface area contributed by atoms with E-state index in [1.165, 1.54) is 0 Å². The largest absolute Gasteiger partial charge is 0.348 e. The summed E-state index contributed by atoms with van der Waals surface area (Å²) in [6.45, 7) is 2.34. The zero-order valence-electron chi connectivity index (χ0n) is 10.4. The lowest BCUT2D eigenvalue weighted by atomic mass is 10.1. The molecule has 0 aliphatic rings. The number of rotatable bonds is 3.